The van der Waals surface area contributed by atoms with Crippen molar-refractivity contribution in [3.63, 3.8) is 0 Å². The Morgan fingerprint density at radius 2 is 2.16 bits per heavy atom. The Balaban J connectivity index is 1.54. The first kappa shape index (κ1) is 16.5. The van der Waals surface area contributed by atoms with Crippen molar-refractivity contribution in [3.05, 3.63) is 30.1 Å². The molecule has 2 fully saturated rings. The number of halogens is 1. The van der Waals surface area contributed by atoms with Crippen LogP contribution in [0.4, 0.5) is 4.39 Å². The number of pyridine rings is 1. The number of piperidine rings is 1. The fourth-order valence-corrected chi connectivity index (χ4v) is 3.90. The minimum Gasteiger partial charge on any atom is -0.459 e. The van der Waals surface area contributed by atoms with Crippen molar-refractivity contribution in [2.45, 2.75) is 37.6 Å². The lowest BCUT2D eigenvalue weighted by Gasteiger charge is -2.46. The van der Waals surface area contributed by atoms with Crippen molar-refractivity contribution in [2.75, 3.05) is 26.9 Å². The molecule has 2 saturated heterocycles. The summed E-state index contributed by atoms with van der Waals surface area (Å²) in [7, 11) is 2.10. The molecule has 0 aliphatic carbocycles. The summed E-state index contributed by atoms with van der Waals surface area (Å²) in [6.45, 7) is 1.03. The third kappa shape index (κ3) is 3.02. The highest BCUT2D eigenvalue weighted by Crippen LogP contribution is 2.29. The molecule has 0 saturated carbocycles. The highest BCUT2D eigenvalue weighted by molar-refractivity contribution is 6.03. The zero-order chi connectivity index (χ0) is 17.4. The molecule has 2 aromatic rings. The van der Waals surface area contributed by atoms with Gasteiger partial charge in [-0.25, -0.2) is 14.2 Å². The maximum atomic E-state index is 12.8. The SMILES string of the molecule is CN1C2COCC1CC(OC(=O)c1cn(CCF)c3ncccc13)C2. The number of rotatable bonds is 4. The summed E-state index contributed by atoms with van der Waals surface area (Å²) in [4.78, 5) is 19.3. The van der Waals surface area contributed by atoms with Crippen LogP contribution in [0.2, 0.25) is 0 Å². The number of esters is 1. The third-order valence-corrected chi connectivity index (χ3v) is 5.30. The summed E-state index contributed by atoms with van der Waals surface area (Å²) in [5.74, 6) is -0.357. The summed E-state index contributed by atoms with van der Waals surface area (Å²) in [5, 5.41) is 0.706. The van der Waals surface area contributed by atoms with Gasteiger partial charge in [0, 0.05) is 42.7 Å². The molecule has 0 radical (unpaired) electrons. The van der Waals surface area contributed by atoms with Gasteiger partial charge in [-0.05, 0) is 19.2 Å². The summed E-state index contributed by atoms with van der Waals surface area (Å²) in [6, 6.07) is 4.18. The molecule has 0 N–H and O–H groups in total. The smallest absolute Gasteiger partial charge is 0.340 e. The molecular weight excluding hydrogens is 325 g/mol. The average Bonchev–Trinajstić information content (AvgIpc) is 2.95. The van der Waals surface area contributed by atoms with Gasteiger partial charge in [0.05, 0.1) is 25.3 Å². The molecule has 2 bridgehead atoms. The molecule has 7 heteroatoms. The van der Waals surface area contributed by atoms with Crippen LogP contribution in [0.15, 0.2) is 24.5 Å². The minimum absolute atomic E-state index is 0.112. The van der Waals surface area contributed by atoms with Gasteiger partial charge in [0.1, 0.15) is 18.4 Å². The first-order valence-corrected chi connectivity index (χ1v) is 8.68. The second-order valence-corrected chi connectivity index (χ2v) is 6.81. The Morgan fingerprint density at radius 3 is 2.88 bits per heavy atom. The van der Waals surface area contributed by atoms with E-state index in [1.807, 2.05) is 6.07 Å². The standard InChI is InChI=1S/C18H22FN3O3/c1-21-12-7-14(8-13(21)11-24-10-12)25-18(23)16-9-22(6-4-19)17-15(16)3-2-5-20-17/h2-3,5,9,12-14H,4,6-8,10-11H2,1H3. The highest BCUT2D eigenvalue weighted by atomic mass is 19.1. The second kappa shape index (κ2) is 6.72. The number of carbonyl (C=O) groups excluding carboxylic acids is 1. The first-order chi connectivity index (χ1) is 12.2. The van der Waals surface area contributed by atoms with Crippen LogP contribution in [-0.4, -0.2) is 65.5 Å². The van der Waals surface area contributed by atoms with E-state index in [0.29, 0.717) is 41.9 Å². The van der Waals surface area contributed by atoms with E-state index < -0.39 is 6.67 Å². The van der Waals surface area contributed by atoms with Crippen molar-refractivity contribution >= 4 is 17.0 Å². The zero-order valence-electron chi connectivity index (χ0n) is 14.2. The predicted octanol–water partition coefficient (Wildman–Crippen LogP) is 2.02. The molecule has 2 unspecified atom stereocenters. The highest BCUT2D eigenvalue weighted by Gasteiger charge is 2.38. The maximum absolute atomic E-state index is 12.8. The van der Waals surface area contributed by atoms with E-state index in [9.17, 15) is 9.18 Å². The second-order valence-electron chi connectivity index (χ2n) is 6.81. The van der Waals surface area contributed by atoms with Gasteiger partial charge in [0.2, 0.25) is 0 Å². The lowest BCUT2D eigenvalue weighted by Crippen LogP contribution is -2.56. The molecule has 2 aliphatic rings. The van der Waals surface area contributed by atoms with Crippen LogP contribution in [0.25, 0.3) is 11.0 Å². The molecule has 0 amide bonds. The fraction of sp³-hybridized carbons (Fsp3) is 0.556. The van der Waals surface area contributed by atoms with E-state index >= 15 is 0 Å². The first-order valence-electron chi connectivity index (χ1n) is 8.68. The number of hydrogen-bond donors (Lipinski definition) is 0. The van der Waals surface area contributed by atoms with Gasteiger partial charge in [-0.15, -0.1) is 0 Å². The van der Waals surface area contributed by atoms with E-state index in [1.54, 1.807) is 23.0 Å². The Morgan fingerprint density at radius 1 is 1.40 bits per heavy atom. The number of morpholine rings is 1. The topological polar surface area (TPSA) is 56.6 Å². The fourth-order valence-electron chi connectivity index (χ4n) is 3.90. The van der Waals surface area contributed by atoms with Gasteiger partial charge >= 0.3 is 5.97 Å². The lowest BCUT2D eigenvalue weighted by atomic mass is 9.92. The number of fused-ring (bicyclic) bond motifs is 3. The van der Waals surface area contributed by atoms with Crippen molar-refractivity contribution in [1.29, 1.82) is 0 Å². The monoisotopic (exact) mass is 347 g/mol. The van der Waals surface area contributed by atoms with E-state index in [2.05, 4.69) is 16.9 Å². The maximum Gasteiger partial charge on any atom is 0.340 e. The Bertz CT molecular complexity index is 764. The van der Waals surface area contributed by atoms with Crippen molar-refractivity contribution in [3.8, 4) is 0 Å². The van der Waals surface area contributed by atoms with Gasteiger partial charge in [-0.3, -0.25) is 4.90 Å². The largest absolute Gasteiger partial charge is 0.459 e. The van der Waals surface area contributed by atoms with Crippen LogP contribution in [0, 0.1) is 0 Å². The Kier molecular flexibility index (Phi) is 4.43. The van der Waals surface area contributed by atoms with E-state index in [0.717, 1.165) is 12.8 Å². The molecule has 4 heterocycles. The van der Waals surface area contributed by atoms with Gasteiger partial charge in [0.25, 0.3) is 0 Å². The van der Waals surface area contributed by atoms with Crippen molar-refractivity contribution < 1.29 is 18.7 Å². The molecular formula is C18H22FN3O3. The molecule has 2 aliphatic heterocycles. The van der Waals surface area contributed by atoms with E-state index in [4.69, 9.17) is 9.47 Å². The van der Waals surface area contributed by atoms with Gasteiger partial charge in [-0.2, -0.15) is 0 Å². The van der Waals surface area contributed by atoms with Gasteiger partial charge in [0.15, 0.2) is 0 Å². The van der Waals surface area contributed by atoms with E-state index in [1.165, 1.54) is 0 Å². The van der Waals surface area contributed by atoms with Crippen LogP contribution >= 0.6 is 0 Å². The number of aromatic nitrogens is 2. The quantitative estimate of drug-likeness (QED) is 0.792. The number of nitrogens with zero attached hydrogens (tertiary/aromatic N) is 3. The molecule has 2 aromatic heterocycles. The Labute approximate surface area is 145 Å². The zero-order valence-corrected chi connectivity index (χ0v) is 14.2. The summed E-state index contributed by atoms with van der Waals surface area (Å²) in [6.07, 6.45) is 4.74. The molecule has 0 spiro atoms. The number of aryl methyl sites for hydroxylation is 1. The summed E-state index contributed by atoms with van der Waals surface area (Å²) < 4.78 is 25.9. The molecule has 4 rings (SSSR count). The summed E-state index contributed by atoms with van der Waals surface area (Å²) in [5.41, 5.74) is 1.07. The van der Waals surface area contributed by atoms with Crippen molar-refractivity contribution in [2.24, 2.45) is 0 Å². The molecule has 2 atom stereocenters. The van der Waals surface area contributed by atoms with Crippen LogP contribution in [0.3, 0.4) is 0 Å². The lowest BCUT2D eigenvalue weighted by molar-refractivity contribution is -0.0970. The average molecular weight is 347 g/mol. The molecule has 134 valence electrons. The van der Waals surface area contributed by atoms with Crippen LogP contribution in [0.1, 0.15) is 23.2 Å². The van der Waals surface area contributed by atoms with E-state index in [-0.39, 0.29) is 18.6 Å². The number of hydrogen-bond acceptors (Lipinski definition) is 5. The minimum atomic E-state index is -0.507. The molecule has 0 aromatic carbocycles. The molecule has 25 heavy (non-hydrogen) atoms. The number of ether oxygens (including phenoxy) is 2. The summed E-state index contributed by atoms with van der Waals surface area (Å²) >= 11 is 0. The number of alkyl halides is 1. The molecule has 6 nitrogen and oxygen atoms in total. The van der Waals surface area contributed by atoms with Crippen LogP contribution < -0.4 is 0 Å². The van der Waals surface area contributed by atoms with Crippen LogP contribution in [0.5, 0.6) is 0 Å². The third-order valence-electron chi connectivity index (χ3n) is 5.30. The predicted molar refractivity (Wildman–Crippen MR) is 90.3 cm³/mol. The van der Waals surface area contributed by atoms with Gasteiger partial charge < -0.3 is 14.0 Å². The number of carbonyl (C=O) groups is 1. The van der Waals surface area contributed by atoms with Crippen molar-refractivity contribution in [1.82, 2.24) is 14.5 Å². The normalized spacial score (nSPS) is 26.7. The van der Waals surface area contributed by atoms with Crippen LogP contribution in [-0.2, 0) is 16.0 Å². The Hall–Kier alpha value is -1.99. The van der Waals surface area contributed by atoms with Gasteiger partial charge in [-0.1, -0.05) is 0 Å². The number of likely N-dealkylation sites (N-methyl/N-ethyl adjacent to an activating group) is 1.